The Balaban J connectivity index is 2.47. The lowest BCUT2D eigenvalue weighted by Crippen LogP contribution is -2.42. The normalized spacial score (nSPS) is 12.2. The van der Waals surface area contributed by atoms with Gasteiger partial charge in [-0.3, -0.25) is 9.59 Å². The Bertz CT molecular complexity index is 543. The molecule has 0 saturated carbocycles. The molecule has 23 heavy (non-hydrogen) atoms. The molecule has 2 N–H and O–H groups in total. The molecule has 0 bridgehead atoms. The first-order valence-electron chi connectivity index (χ1n) is 7.72. The summed E-state index contributed by atoms with van der Waals surface area (Å²) in [4.78, 5) is 23.4. The number of aliphatic carboxylic acids is 1. The molecule has 1 aromatic rings. The molecule has 0 unspecified atom stereocenters. The second kappa shape index (κ2) is 7.93. The van der Waals surface area contributed by atoms with Gasteiger partial charge in [-0.25, -0.2) is 0 Å². The number of hydrogen-bond acceptors (Lipinski definition) is 5. The molecular formula is C17H27NO4S. The Labute approximate surface area is 142 Å². The molecule has 5 nitrogen and oxygen atoms in total. The molecule has 0 saturated heterocycles. The van der Waals surface area contributed by atoms with E-state index in [1.807, 2.05) is 46.1 Å². The van der Waals surface area contributed by atoms with Crippen molar-refractivity contribution in [3.8, 4) is 0 Å². The van der Waals surface area contributed by atoms with Crippen LogP contribution in [0.1, 0.15) is 51.5 Å². The fourth-order valence-electron chi connectivity index (χ4n) is 2.03. The molecule has 0 amide bonds. The third kappa shape index (κ3) is 8.71. The number of carbonyl (C=O) groups is 2. The third-order valence-corrected chi connectivity index (χ3v) is 4.19. The highest BCUT2D eigenvalue weighted by Gasteiger charge is 2.19. The highest BCUT2D eigenvalue weighted by molar-refractivity contribution is 7.10. The summed E-state index contributed by atoms with van der Waals surface area (Å²) < 4.78 is 5.32. The number of nitrogens with one attached hydrogen (secondary N) is 1. The summed E-state index contributed by atoms with van der Waals surface area (Å²) in [6.45, 7) is 9.51. The minimum Gasteiger partial charge on any atom is -0.480 e. The van der Waals surface area contributed by atoms with E-state index in [9.17, 15) is 9.59 Å². The van der Waals surface area contributed by atoms with E-state index in [-0.39, 0.29) is 18.1 Å². The van der Waals surface area contributed by atoms with Crippen molar-refractivity contribution in [2.75, 3.05) is 6.54 Å². The lowest BCUT2D eigenvalue weighted by Gasteiger charge is -2.25. The van der Waals surface area contributed by atoms with E-state index in [4.69, 9.17) is 9.84 Å². The van der Waals surface area contributed by atoms with Crippen molar-refractivity contribution in [2.45, 2.75) is 65.0 Å². The molecule has 0 atom stereocenters. The van der Waals surface area contributed by atoms with E-state index in [1.165, 1.54) is 5.56 Å². The fourth-order valence-corrected chi connectivity index (χ4v) is 2.94. The van der Waals surface area contributed by atoms with Crippen LogP contribution in [0, 0.1) is 0 Å². The number of aryl methyl sites for hydroxylation is 1. The van der Waals surface area contributed by atoms with Gasteiger partial charge in [0.15, 0.2) is 0 Å². The maximum atomic E-state index is 11.8. The van der Waals surface area contributed by atoms with Crippen LogP contribution in [0.3, 0.4) is 0 Å². The highest BCUT2D eigenvalue weighted by atomic mass is 32.1. The van der Waals surface area contributed by atoms with Crippen LogP contribution in [0.4, 0.5) is 0 Å². The van der Waals surface area contributed by atoms with Crippen LogP contribution in [0.25, 0.3) is 0 Å². The molecule has 130 valence electrons. The molecule has 1 heterocycles. The van der Waals surface area contributed by atoms with Gasteiger partial charge in [0.1, 0.15) is 5.60 Å². The van der Waals surface area contributed by atoms with Crippen LogP contribution in [0.5, 0.6) is 0 Å². The third-order valence-electron chi connectivity index (χ3n) is 3.20. The SMILES string of the molecule is CC(C)(CCc1csc(CC(=O)OC(C)(C)C)c1)NCC(=O)O. The van der Waals surface area contributed by atoms with Crippen LogP contribution in [-0.2, 0) is 27.2 Å². The van der Waals surface area contributed by atoms with E-state index in [1.54, 1.807) is 11.3 Å². The van der Waals surface area contributed by atoms with Crippen molar-refractivity contribution >= 4 is 23.3 Å². The zero-order chi connectivity index (χ0) is 17.7. The van der Waals surface area contributed by atoms with Crippen molar-refractivity contribution in [1.82, 2.24) is 5.32 Å². The minimum atomic E-state index is -0.853. The van der Waals surface area contributed by atoms with Crippen molar-refractivity contribution in [3.63, 3.8) is 0 Å². The van der Waals surface area contributed by atoms with Crippen molar-refractivity contribution < 1.29 is 19.4 Å². The molecule has 0 fully saturated rings. The average Bonchev–Trinajstić information content (AvgIpc) is 2.79. The number of carboxylic acids is 1. The maximum Gasteiger partial charge on any atom is 0.317 e. The van der Waals surface area contributed by atoms with Gasteiger partial charge in [0.05, 0.1) is 13.0 Å². The quantitative estimate of drug-likeness (QED) is 0.711. The van der Waals surface area contributed by atoms with Gasteiger partial charge in [-0.05, 0) is 64.5 Å². The first-order valence-corrected chi connectivity index (χ1v) is 8.60. The van der Waals surface area contributed by atoms with E-state index in [2.05, 4.69) is 5.32 Å². The van der Waals surface area contributed by atoms with Gasteiger partial charge in [0, 0.05) is 10.4 Å². The number of ether oxygens (including phenoxy) is 1. The Hall–Kier alpha value is -1.40. The van der Waals surface area contributed by atoms with Crippen molar-refractivity contribution in [2.24, 2.45) is 0 Å². The smallest absolute Gasteiger partial charge is 0.317 e. The molecule has 1 aromatic heterocycles. The molecule has 0 aromatic carbocycles. The van der Waals surface area contributed by atoms with Gasteiger partial charge >= 0.3 is 11.9 Å². The zero-order valence-corrected chi connectivity index (χ0v) is 15.4. The van der Waals surface area contributed by atoms with E-state index < -0.39 is 11.6 Å². The standard InChI is InChI=1S/C17H27NO4S/c1-16(2,3)22-15(21)9-13-8-12(11-23-13)6-7-17(4,5)18-10-14(19)20/h8,11,18H,6-7,9-10H2,1-5H3,(H,19,20). The Morgan fingerprint density at radius 3 is 2.48 bits per heavy atom. The van der Waals surface area contributed by atoms with Gasteiger partial charge < -0.3 is 15.2 Å². The van der Waals surface area contributed by atoms with Crippen LogP contribution in [0.15, 0.2) is 11.4 Å². The summed E-state index contributed by atoms with van der Waals surface area (Å²) in [5, 5.41) is 13.8. The van der Waals surface area contributed by atoms with Gasteiger partial charge in [-0.15, -0.1) is 11.3 Å². The Morgan fingerprint density at radius 2 is 1.91 bits per heavy atom. The number of carbonyl (C=O) groups excluding carboxylic acids is 1. The molecule has 1 rings (SSSR count). The molecule has 6 heteroatoms. The van der Waals surface area contributed by atoms with Crippen LogP contribution in [-0.4, -0.2) is 34.7 Å². The molecular weight excluding hydrogens is 314 g/mol. The number of rotatable bonds is 8. The van der Waals surface area contributed by atoms with E-state index in [0.717, 1.165) is 17.7 Å². The maximum absolute atomic E-state index is 11.8. The Kier molecular flexibility index (Phi) is 6.77. The molecule has 0 aliphatic rings. The largest absolute Gasteiger partial charge is 0.480 e. The summed E-state index contributed by atoms with van der Waals surface area (Å²) >= 11 is 1.56. The molecule has 0 radical (unpaired) electrons. The number of esters is 1. The van der Waals surface area contributed by atoms with Gasteiger partial charge in [-0.1, -0.05) is 0 Å². The van der Waals surface area contributed by atoms with Gasteiger partial charge in [0.25, 0.3) is 0 Å². The topological polar surface area (TPSA) is 75.6 Å². The number of carboxylic acid groups (broad SMARTS) is 1. The second-order valence-electron chi connectivity index (χ2n) is 7.32. The molecule has 0 spiro atoms. The van der Waals surface area contributed by atoms with Crippen LogP contribution < -0.4 is 5.32 Å². The lowest BCUT2D eigenvalue weighted by atomic mass is 9.96. The Morgan fingerprint density at radius 1 is 1.26 bits per heavy atom. The van der Waals surface area contributed by atoms with Crippen LogP contribution >= 0.6 is 11.3 Å². The van der Waals surface area contributed by atoms with Crippen molar-refractivity contribution in [3.05, 3.63) is 21.9 Å². The number of hydrogen-bond donors (Lipinski definition) is 2. The molecule has 0 aliphatic heterocycles. The predicted molar refractivity (Wildman–Crippen MR) is 91.9 cm³/mol. The van der Waals surface area contributed by atoms with Gasteiger partial charge in [0.2, 0.25) is 0 Å². The average molecular weight is 341 g/mol. The summed E-state index contributed by atoms with van der Waals surface area (Å²) in [6, 6.07) is 2.03. The predicted octanol–water partition coefficient (Wildman–Crippen LogP) is 3.02. The fraction of sp³-hybridized carbons (Fsp3) is 0.647. The number of thiophene rings is 1. The van der Waals surface area contributed by atoms with Gasteiger partial charge in [-0.2, -0.15) is 0 Å². The summed E-state index contributed by atoms with van der Waals surface area (Å²) in [6.07, 6.45) is 1.95. The van der Waals surface area contributed by atoms with Crippen LogP contribution in [0.2, 0.25) is 0 Å². The summed E-state index contributed by atoms with van der Waals surface area (Å²) in [7, 11) is 0. The second-order valence-corrected chi connectivity index (χ2v) is 8.31. The minimum absolute atomic E-state index is 0.0411. The van der Waals surface area contributed by atoms with Crippen molar-refractivity contribution in [1.29, 1.82) is 0 Å². The monoisotopic (exact) mass is 341 g/mol. The van der Waals surface area contributed by atoms with E-state index in [0.29, 0.717) is 6.42 Å². The first-order chi connectivity index (χ1) is 10.5. The lowest BCUT2D eigenvalue weighted by molar-refractivity contribution is -0.153. The summed E-state index contributed by atoms with van der Waals surface area (Å²) in [5.74, 6) is -1.07. The molecule has 0 aliphatic carbocycles. The van der Waals surface area contributed by atoms with E-state index >= 15 is 0 Å². The summed E-state index contributed by atoms with van der Waals surface area (Å²) in [5.41, 5.74) is 0.460. The highest BCUT2D eigenvalue weighted by Crippen LogP contribution is 2.21. The first kappa shape index (κ1) is 19.6. The zero-order valence-electron chi connectivity index (χ0n) is 14.6.